The van der Waals surface area contributed by atoms with Crippen LogP contribution >= 0.6 is 0 Å². The molecule has 176 valence electrons. The van der Waals surface area contributed by atoms with Crippen LogP contribution in [0.15, 0.2) is 99.1 Å². The summed E-state index contributed by atoms with van der Waals surface area (Å²) in [5.41, 5.74) is 1.46. The Kier molecular flexibility index (Phi) is 5.93. The van der Waals surface area contributed by atoms with E-state index < -0.39 is 17.0 Å². The van der Waals surface area contributed by atoms with Crippen LogP contribution in [0.3, 0.4) is 0 Å². The molecule has 0 fully saturated rings. The van der Waals surface area contributed by atoms with Crippen molar-refractivity contribution in [3.63, 3.8) is 0 Å². The van der Waals surface area contributed by atoms with E-state index in [4.69, 9.17) is 13.6 Å². The maximum Gasteiger partial charge on any atom is 0.336 e. The van der Waals surface area contributed by atoms with Gasteiger partial charge in [0.25, 0.3) is 0 Å². The lowest BCUT2D eigenvalue weighted by Crippen LogP contribution is -2.27. The maximum absolute atomic E-state index is 14.5. The molecule has 0 amide bonds. The fraction of sp³-hybridized carbons (Fsp3) is 0.143. The Bertz CT molecular complexity index is 1530. The molecular formula is C28H22FNO5. The molecule has 3 aromatic heterocycles. The van der Waals surface area contributed by atoms with Crippen molar-refractivity contribution >= 4 is 11.0 Å². The van der Waals surface area contributed by atoms with Crippen molar-refractivity contribution in [2.75, 3.05) is 0 Å². The number of aliphatic hydroxyl groups is 1. The first-order chi connectivity index (χ1) is 17.0. The van der Waals surface area contributed by atoms with Gasteiger partial charge >= 0.3 is 5.63 Å². The van der Waals surface area contributed by atoms with Crippen molar-refractivity contribution in [2.45, 2.75) is 25.6 Å². The van der Waals surface area contributed by atoms with Gasteiger partial charge < -0.3 is 18.7 Å². The minimum Gasteiger partial charge on any atom is -0.489 e. The van der Waals surface area contributed by atoms with E-state index in [1.54, 1.807) is 62.0 Å². The first kappa shape index (κ1) is 22.6. The average molecular weight is 471 g/mol. The summed E-state index contributed by atoms with van der Waals surface area (Å²) in [5.74, 6) is -0.272. The highest BCUT2D eigenvalue weighted by molar-refractivity contribution is 5.93. The van der Waals surface area contributed by atoms with Gasteiger partial charge in [0.15, 0.2) is 0 Å². The highest BCUT2D eigenvalue weighted by Crippen LogP contribution is 2.34. The summed E-state index contributed by atoms with van der Waals surface area (Å²) in [6.07, 6.45) is 4.99. The second-order valence-corrected chi connectivity index (χ2v) is 8.21. The third-order valence-corrected chi connectivity index (χ3v) is 6.00. The molecule has 3 heterocycles. The minimum absolute atomic E-state index is 0.104. The number of hydrogen-bond donors (Lipinski definition) is 1. The highest BCUT2D eigenvalue weighted by atomic mass is 19.1. The summed E-state index contributed by atoms with van der Waals surface area (Å²) in [5, 5.41) is 12.1. The zero-order valence-electron chi connectivity index (χ0n) is 18.9. The van der Waals surface area contributed by atoms with Crippen molar-refractivity contribution in [1.29, 1.82) is 0 Å². The summed E-state index contributed by atoms with van der Waals surface area (Å²) < 4.78 is 30.9. The van der Waals surface area contributed by atoms with Gasteiger partial charge in [-0.2, -0.15) is 0 Å². The number of hydrogen-bond acceptors (Lipinski definition) is 6. The van der Waals surface area contributed by atoms with Crippen LogP contribution in [0.5, 0.6) is 5.75 Å². The highest BCUT2D eigenvalue weighted by Gasteiger charge is 2.32. The molecule has 0 aliphatic heterocycles. The van der Waals surface area contributed by atoms with Gasteiger partial charge in [-0.25, -0.2) is 9.18 Å². The summed E-state index contributed by atoms with van der Waals surface area (Å²) >= 11 is 0. The van der Waals surface area contributed by atoms with Gasteiger partial charge in [0.05, 0.1) is 18.2 Å². The smallest absolute Gasteiger partial charge is 0.336 e. The van der Waals surface area contributed by atoms with Crippen LogP contribution in [0.2, 0.25) is 0 Å². The SMILES string of the molecule is CCC(O)(c1cc(F)cc(OCc2ccc3c(-c4ccoc4)cc(=O)oc3c2)c1)c1ccccn1. The van der Waals surface area contributed by atoms with Gasteiger partial charge in [-0.3, -0.25) is 4.98 Å². The van der Waals surface area contributed by atoms with E-state index in [0.29, 0.717) is 28.8 Å². The zero-order valence-corrected chi connectivity index (χ0v) is 18.9. The lowest BCUT2D eigenvalue weighted by Gasteiger charge is -2.27. The molecule has 1 unspecified atom stereocenters. The second-order valence-electron chi connectivity index (χ2n) is 8.21. The molecule has 35 heavy (non-hydrogen) atoms. The molecule has 0 saturated heterocycles. The third-order valence-electron chi connectivity index (χ3n) is 6.00. The van der Waals surface area contributed by atoms with E-state index >= 15 is 0 Å². The monoisotopic (exact) mass is 471 g/mol. The van der Waals surface area contributed by atoms with Crippen molar-refractivity contribution in [1.82, 2.24) is 4.98 Å². The molecule has 7 heteroatoms. The summed E-state index contributed by atoms with van der Waals surface area (Å²) in [6, 6.07) is 18.0. The van der Waals surface area contributed by atoms with Gasteiger partial charge in [0.2, 0.25) is 0 Å². The van der Waals surface area contributed by atoms with E-state index in [9.17, 15) is 14.3 Å². The Labute approximate surface area is 200 Å². The van der Waals surface area contributed by atoms with E-state index in [1.165, 1.54) is 18.2 Å². The zero-order chi connectivity index (χ0) is 24.4. The van der Waals surface area contributed by atoms with E-state index in [2.05, 4.69) is 4.98 Å². The fourth-order valence-corrected chi connectivity index (χ4v) is 4.15. The normalized spacial score (nSPS) is 13.0. The molecular weight excluding hydrogens is 449 g/mol. The van der Waals surface area contributed by atoms with Gasteiger partial charge in [-0.05, 0) is 53.9 Å². The molecule has 0 spiro atoms. The number of fused-ring (bicyclic) bond motifs is 1. The summed E-state index contributed by atoms with van der Waals surface area (Å²) in [6.45, 7) is 1.91. The number of rotatable bonds is 7. The van der Waals surface area contributed by atoms with Gasteiger partial charge in [-0.15, -0.1) is 0 Å². The lowest BCUT2D eigenvalue weighted by molar-refractivity contribution is 0.0712. The third kappa shape index (κ3) is 4.46. The molecule has 2 aromatic carbocycles. The molecule has 0 bridgehead atoms. The topological polar surface area (TPSA) is 85.7 Å². The number of halogens is 1. The number of furan rings is 1. The molecule has 0 radical (unpaired) electrons. The van der Waals surface area contributed by atoms with E-state index in [0.717, 1.165) is 16.5 Å². The van der Waals surface area contributed by atoms with Gasteiger partial charge in [0.1, 0.15) is 29.4 Å². The molecule has 1 atom stereocenters. The van der Waals surface area contributed by atoms with Crippen LogP contribution in [-0.4, -0.2) is 10.1 Å². The van der Waals surface area contributed by atoms with Gasteiger partial charge in [0, 0.05) is 34.8 Å². The van der Waals surface area contributed by atoms with Crippen LogP contribution in [0.25, 0.3) is 22.1 Å². The van der Waals surface area contributed by atoms with Crippen molar-refractivity contribution in [2.24, 2.45) is 0 Å². The van der Waals surface area contributed by atoms with Crippen LogP contribution in [-0.2, 0) is 12.2 Å². The number of aromatic nitrogens is 1. The number of benzene rings is 2. The van der Waals surface area contributed by atoms with Crippen LogP contribution in [0.1, 0.15) is 30.2 Å². The first-order valence-electron chi connectivity index (χ1n) is 11.1. The maximum atomic E-state index is 14.5. The number of nitrogens with zero attached hydrogens (tertiary/aromatic N) is 1. The molecule has 5 aromatic rings. The van der Waals surface area contributed by atoms with Crippen molar-refractivity contribution in [3.05, 3.63) is 119 Å². The van der Waals surface area contributed by atoms with Crippen LogP contribution < -0.4 is 10.4 Å². The summed E-state index contributed by atoms with van der Waals surface area (Å²) in [4.78, 5) is 16.4. The Morgan fingerprint density at radius 1 is 1.09 bits per heavy atom. The molecule has 0 aliphatic rings. The van der Waals surface area contributed by atoms with Gasteiger partial charge in [-0.1, -0.05) is 25.1 Å². The predicted molar refractivity (Wildman–Crippen MR) is 128 cm³/mol. The Morgan fingerprint density at radius 3 is 2.71 bits per heavy atom. The first-order valence-corrected chi connectivity index (χ1v) is 11.1. The Hall–Kier alpha value is -4.23. The molecule has 1 N–H and O–H groups in total. The van der Waals surface area contributed by atoms with E-state index in [-0.39, 0.29) is 12.4 Å². The van der Waals surface area contributed by atoms with E-state index in [1.807, 2.05) is 12.1 Å². The molecule has 0 aliphatic carbocycles. The Morgan fingerprint density at radius 2 is 1.97 bits per heavy atom. The second kappa shape index (κ2) is 9.19. The van der Waals surface area contributed by atoms with Crippen LogP contribution in [0, 0.1) is 5.82 Å². The fourth-order valence-electron chi connectivity index (χ4n) is 4.15. The summed E-state index contributed by atoms with van der Waals surface area (Å²) in [7, 11) is 0. The molecule has 0 saturated carbocycles. The number of pyridine rings is 1. The van der Waals surface area contributed by atoms with Crippen LogP contribution in [0.4, 0.5) is 4.39 Å². The average Bonchev–Trinajstić information content (AvgIpc) is 3.41. The van der Waals surface area contributed by atoms with Crippen molar-refractivity contribution < 1.29 is 23.1 Å². The molecule has 5 rings (SSSR count). The van der Waals surface area contributed by atoms with Crippen molar-refractivity contribution in [3.8, 4) is 16.9 Å². The minimum atomic E-state index is -1.46. The lowest BCUT2D eigenvalue weighted by atomic mass is 9.87. The predicted octanol–water partition coefficient (Wildman–Crippen LogP) is 5.81. The quantitative estimate of drug-likeness (QED) is 0.302. The number of ether oxygens (including phenoxy) is 1. The largest absolute Gasteiger partial charge is 0.489 e. The molecule has 6 nitrogen and oxygen atoms in total. The standard InChI is InChI=1S/C28H22FNO5/c1-2-28(32,26-5-3-4-9-30-26)20-12-21(29)14-22(13-20)34-16-18-6-7-23-24(19-8-10-33-17-19)15-27(31)35-25(23)11-18/h3-15,17,32H,2,16H2,1H3. The Balaban J connectivity index is 1.43.